The van der Waals surface area contributed by atoms with Crippen LogP contribution in [-0.2, 0) is 55.6 Å². The number of piperazine rings is 2. The zero-order chi connectivity index (χ0) is 73.0. The molecule has 97 heavy (non-hydrogen) atoms. The van der Waals surface area contributed by atoms with E-state index in [0.717, 1.165) is 33.4 Å². The maximum absolute atomic E-state index is 14.5. The van der Waals surface area contributed by atoms with Gasteiger partial charge in [0.25, 0.3) is 10.0 Å². The van der Waals surface area contributed by atoms with Crippen LogP contribution in [0.4, 0.5) is 9.59 Å². The van der Waals surface area contributed by atoms with Gasteiger partial charge in [-0.2, -0.15) is 9.44 Å². The van der Waals surface area contributed by atoms with E-state index in [1.807, 2.05) is 100 Å². The maximum Gasteiger partial charge on any atom is 0.409 e. The molecule has 2 fully saturated rings. The number of fused-ring (bicyclic) bond motifs is 1. The summed E-state index contributed by atoms with van der Waals surface area (Å²) >= 11 is 0. The molecule has 3 aliphatic rings. The van der Waals surface area contributed by atoms with Crippen molar-refractivity contribution in [3.63, 3.8) is 0 Å². The van der Waals surface area contributed by atoms with Crippen LogP contribution in [0.3, 0.4) is 0 Å². The topological polar surface area (TPSA) is 350 Å². The number of nitrogens with one attached hydrogen (secondary N) is 3. The van der Waals surface area contributed by atoms with Crippen molar-refractivity contribution in [1.29, 1.82) is 0 Å². The molecule has 3 aromatic rings. The SMILES string of the molecule is CCOC(=O)N1CCN(C(=O)[C@H](CCCN=C(N)N)NS(=O)(=O)c2c(C(C)C)cc(C(C)C)cc2C(C)C)CC1.CCOC(=O)N1CCN(C(=O)[C@H](CCCN=C(N)NS(=O)(=O)c2c(C)c(C)c3c(c2C)CC(C)(C)O3)NS(=O)(=O)c2c(C(C)C)cc(C(C)C)cc2C(C)C)CC1.[HH]. The Hall–Kier alpha value is -6.75. The molecule has 0 spiro atoms. The number of ether oxygens (including phenoxy) is 3. The number of benzene rings is 3. The zero-order valence-corrected chi connectivity index (χ0v) is 63.3. The number of amides is 4. The number of hydrogen-bond donors (Lipinski definition) is 6. The van der Waals surface area contributed by atoms with Gasteiger partial charge in [-0.05, 0) is 160 Å². The van der Waals surface area contributed by atoms with Crippen molar-refractivity contribution in [2.75, 3.05) is 78.7 Å². The lowest BCUT2D eigenvalue weighted by Gasteiger charge is -2.36. The zero-order valence-electron chi connectivity index (χ0n) is 60.9. The molecular weight excluding hydrogens is 1300 g/mol. The first kappa shape index (κ1) is 80.9. The van der Waals surface area contributed by atoms with Gasteiger partial charge in [0.2, 0.25) is 37.8 Å². The fourth-order valence-corrected chi connectivity index (χ4v) is 17.7. The number of hydrogen-bond acceptors (Lipinski definition) is 15. The molecule has 6 rings (SSSR count). The van der Waals surface area contributed by atoms with E-state index in [0.29, 0.717) is 53.9 Å². The Labute approximate surface area is 579 Å². The molecule has 9 N–H and O–H groups in total. The fraction of sp³-hybridized carbons (Fsp3) is 0.652. The second-order valence-corrected chi connectivity index (χ2v) is 32.8. The van der Waals surface area contributed by atoms with Gasteiger partial charge in [0.05, 0.1) is 27.9 Å². The summed E-state index contributed by atoms with van der Waals surface area (Å²) < 4.78 is 109. The van der Waals surface area contributed by atoms with Crippen LogP contribution in [0.25, 0.3) is 0 Å². The van der Waals surface area contributed by atoms with Crippen LogP contribution in [0, 0.1) is 20.8 Å². The second-order valence-electron chi connectivity index (χ2n) is 27.9. The number of sulfonamides is 3. The predicted molar refractivity (Wildman–Crippen MR) is 383 cm³/mol. The number of nitrogens with two attached hydrogens (primary N) is 3. The first-order valence-electron chi connectivity index (χ1n) is 34.1. The summed E-state index contributed by atoms with van der Waals surface area (Å²) in [5.74, 6) is -0.361. The van der Waals surface area contributed by atoms with E-state index in [4.69, 9.17) is 31.4 Å². The summed E-state index contributed by atoms with van der Waals surface area (Å²) in [6, 6.07) is 5.65. The van der Waals surface area contributed by atoms with E-state index in [2.05, 4.69) is 51.8 Å². The molecule has 0 saturated carbocycles. The van der Waals surface area contributed by atoms with Crippen LogP contribution in [0.5, 0.6) is 5.75 Å². The molecule has 4 amide bonds. The molecule has 3 aromatic carbocycles. The van der Waals surface area contributed by atoms with E-state index in [-0.39, 0.29) is 154 Å². The second kappa shape index (κ2) is 34.4. The Morgan fingerprint density at radius 1 is 0.526 bits per heavy atom. The minimum atomic E-state index is -4.24. The Kier molecular flexibility index (Phi) is 28.7. The summed E-state index contributed by atoms with van der Waals surface area (Å²) in [6.07, 6.45) is 0.548. The van der Waals surface area contributed by atoms with Gasteiger partial charge in [-0.3, -0.25) is 19.6 Å². The largest absolute Gasteiger partial charge is 0.487 e. The van der Waals surface area contributed by atoms with E-state index in [1.165, 1.54) is 4.90 Å². The summed E-state index contributed by atoms with van der Waals surface area (Å²) in [7, 11) is -12.5. The van der Waals surface area contributed by atoms with Gasteiger partial charge in [0.1, 0.15) is 23.4 Å². The van der Waals surface area contributed by atoms with Gasteiger partial charge in [0, 0.05) is 78.9 Å². The number of rotatable bonds is 26. The van der Waals surface area contributed by atoms with Gasteiger partial charge < -0.3 is 51.0 Å². The van der Waals surface area contributed by atoms with Crippen molar-refractivity contribution in [3.05, 3.63) is 79.9 Å². The molecular formula is C69H114N12O13S3. The minimum absolute atomic E-state index is 0. The Morgan fingerprint density at radius 2 is 0.876 bits per heavy atom. The molecule has 0 radical (unpaired) electrons. The van der Waals surface area contributed by atoms with Crippen molar-refractivity contribution in [1.82, 2.24) is 33.8 Å². The van der Waals surface area contributed by atoms with Crippen molar-refractivity contribution in [2.24, 2.45) is 27.2 Å². The number of carbonyl (C=O) groups excluding carboxylic acids is 4. The van der Waals surface area contributed by atoms with E-state index in [1.54, 1.807) is 42.4 Å². The normalized spacial score (nSPS) is 15.9. The lowest BCUT2D eigenvalue weighted by atomic mass is 9.89. The van der Waals surface area contributed by atoms with Crippen LogP contribution < -0.4 is 36.1 Å². The molecule has 3 heterocycles. The van der Waals surface area contributed by atoms with Crippen molar-refractivity contribution in [3.8, 4) is 5.75 Å². The lowest BCUT2D eigenvalue weighted by molar-refractivity contribution is -0.135. The molecule has 2 saturated heterocycles. The third kappa shape index (κ3) is 20.9. The first-order valence-corrected chi connectivity index (χ1v) is 38.6. The number of guanidine groups is 2. The molecule has 0 aliphatic carbocycles. The highest BCUT2D eigenvalue weighted by Gasteiger charge is 2.40. The van der Waals surface area contributed by atoms with Gasteiger partial charge in [-0.15, -0.1) is 0 Å². The van der Waals surface area contributed by atoms with Gasteiger partial charge >= 0.3 is 12.2 Å². The molecule has 0 aromatic heterocycles. The smallest absolute Gasteiger partial charge is 0.409 e. The lowest BCUT2D eigenvalue weighted by Crippen LogP contribution is -2.56. The van der Waals surface area contributed by atoms with Crippen molar-refractivity contribution in [2.45, 2.75) is 232 Å². The molecule has 2 atom stereocenters. The average molecular weight is 1420 g/mol. The van der Waals surface area contributed by atoms with Gasteiger partial charge in [-0.25, -0.2) is 39.6 Å². The molecule has 28 heteroatoms. The quantitative estimate of drug-likeness (QED) is 0.0248. The highest BCUT2D eigenvalue weighted by molar-refractivity contribution is 7.90. The van der Waals surface area contributed by atoms with Crippen LogP contribution in [-0.4, -0.2) is 177 Å². The fourth-order valence-electron chi connectivity index (χ4n) is 12.3. The van der Waals surface area contributed by atoms with E-state index >= 15 is 0 Å². The Bertz CT molecular complexity index is 3650. The average Bonchev–Trinajstić information content (AvgIpc) is 1.36. The van der Waals surface area contributed by atoms with Crippen molar-refractivity contribution >= 4 is 66.0 Å². The number of nitrogens with zero attached hydrogens (tertiary/aromatic N) is 6. The Morgan fingerprint density at radius 3 is 1.21 bits per heavy atom. The van der Waals surface area contributed by atoms with Crippen LogP contribution in [0.2, 0.25) is 0 Å². The van der Waals surface area contributed by atoms with Gasteiger partial charge in [0.15, 0.2) is 5.96 Å². The molecule has 0 unspecified atom stereocenters. The van der Waals surface area contributed by atoms with Crippen LogP contribution >= 0.6 is 0 Å². The van der Waals surface area contributed by atoms with Crippen LogP contribution in [0.1, 0.15) is 229 Å². The van der Waals surface area contributed by atoms with Crippen molar-refractivity contribution < 1.29 is 60.1 Å². The predicted octanol–water partition coefficient (Wildman–Crippen LogP) is 9.02. The molecule has 25 nitrogen and oxygen atoms in total. The minimum Gasteiger partial charge on any atom is -0.487 e. The first-order chi connectivity index (χ1) is 45.1. The third-order valence-corrected chi connectivity index (χ3v) is 22.6. The number of aliphatic imine (C=N–C) groups is 2. The monoisotopic (exact) mass is 1410 g/mol. The summed E-state index contributed by atoms with van der Waals surface area (Å²) in [5.41, 5.74) is 24.3. The highest BCUT2D eigenvalue weighted by atomic mass is 32.2. The van der Waals surface area contributed by atoms with Gasteiger partial charge in [-0.1, -0.05) is 107 Å². The number of carbonyl (C=O) groups is 4. The molecule has 0 bridgehead atoms. The summed E-state index contributed by atoms with van der Waals surface area (Å²) in [5, 5.41) is 0. The van der Waals surface area contributed by atoms with Crippen LogP contribution in [0.15, 0.2) is 48.9 Å². The highest BCUT2D eigenvalue weighted by Crippen LogP contribution is 2.44. The summed E-state index contributed by atoms with van der Waals surface area (Å²) in [6.45, 7) is 39.6. The summed E-state index contributed by atoms with van der Waals surface area (Å²) in [4.78, 5) is 67.4. The molecule has 546 valence electrons. The molecule has 3 aliphatic heterocycles. The van der Waals surface area contributed by atoms with E-state index in [9.17, 15) is 44.4 Å². The standard InChI is InChI=1S/C41H64N6O8S2.C28H48N6O5S.H2/c1-13-54-40(49)47-19-17-46(18-20-47)38(48)34(44-57(52,53)37-31(25(4)5)21-30(24(2)3)22-32(37)26(6)7)15-14-16-43-39(42)45-56(50,51)36-28(9)27(8)35-33(29(36)10)23-41(11,12)55-35;1-8-39-28(36)34-14-12-33(13-15-34)26(35)24(10-9-11-31-27(29)30)32-40(37,38)25-22(19(4)5)16-21(18(2)3)17-23(25)20(6)7;/h21-22,24-26,34,44H,13-20,23H2,1-12H3,(H3,42,43,45);16-20,24,32H,8-15H2,1-7H3,(H4,29,30,31);1H/t34-;24-;/m00./s1. The Balaban J connectivity index is 0.000000438. The van der Waals surface area contributed by atoms with E-state index < -0.39 is 65.8 Å². The third-order valence-electron chi connectivity index (χ3n) is 17.8. The maximum atomic E-state index is 14.5.